The summed E-state index contributed by atoms with van der Waals surface area (Å²) < 4.78 is 0. The molecule has 1 aliphatic carbocycles. The van der Waals surface area contributed by atoms with E-state index in [1.54, 1.807) is 4.90 Å². The Bertz CT molecular complexity index is 731. The third kappa shape index (κ3) is 4.37. The molecule has 3 heterocycles. The molecule has 2 N–H and O–H groups in total. The highest BCUT2D eigenvalue weighted by atomic mass is 16.2. The van der Waals surface area contributed by atoms with Crippen LogP contribution in [0.4, 0.5) is 0 Å². The van der Waals surface area contributed by atoms with Crippen LogP contribution in [0.2, 0.25) is 0 Å². The smallest absolute Gasteiger partial charge is 0.274 e. The molecule has 8 heteroatoms. The van der Waals surface area contributed by atoms with Gasteiger partial charge in [-0.2, -0.15) is 5.10 Å². The van der Waals surface area contributed by atoms with Gasteiger partial charge < -0.3 is 10.2 Å². The number of amides is 2. The fourth-order valence-corrected chi connectivity index (χ4v) is 4.16. The predicted molar refractivity (Wildman–Crippen MR) is 99.2 cm³/mol. The Hall–Kier alpha value is -2.22. The van der Waals surface area contributed by atoms with Gasteiger partial charge in [0.1, 0.15) is 5.69 Å². The predicted octanol–water partition coefficient (Wildman–Crippen LogP) is 0.365. The average molecular weight is 373 g/mol. The lowest BCUT2D eigenvalue weighted by molar-refractivity contribution is -0.127. The molecule has 3 aliphatic rings. The first kappa shape index (κ1) is 18.2. The molecule has 1 aromatic rings. The molecule has 2 aliphatic heterocycles. The summed E-state index contributed by atoms with van der Waals surface area (Å²) in [6.07, 6.45) is 6.10. The van der Waals surface area contributed by atoms with E-state index in [9.17, 15) is 14.4 Å². The topological polar surface area (TPSA) is 98.4 Å². The van der Waals surface area contributed by atoms with E-state index in [-0.39, 0.29) is 29.0 Å². The number of hydrogen-bond donors (Lipinski definition) is 2. The lowest BCUT2D eigenvalue weighted by Gasteiger charge is -2.42. The van der Waals surface area contributed by atoms with Crippen molar-refractivity contribution in [2.45, 2.75) is 50.6 Å². The Kier molecular flexibility index (Phi) is 5.24. The molecule has 3 fully saturated rings. The largest absolute Gasteiger partial charge is 0.353 e. The summed E-state index contributed by atoms with van der Waals surface area (Å²) in [5, 5.41) is 9.29. The van der Waals surface area contributed by atoms with E-state index in [2.05, 4.69) is 20.4 Å². The molecule has 146 valence electrons. The molecular formula is C19H27N5O3. The Labute approximate surface area is 158 Å². The van der Waals surface area contributed by atoms with Gasteiger partial charge in [-0.1, -0.05) is 0 Å². The van der Waals surface area contributed by atoms with Gasteiger partial charge in [0.25, 0.3) is 11.5 Å². The zero-order valence-electron chi connectivity index (χ0n) is 15.5. The van der Waals surface area contributed by atoms with Crippen LogP contribution in [0.3, 0.4) is 0 Å². The van der Waals surface area contributed by atoms with Gasteiger partial charge in [0.2, 0.25) is 5.91 Å². The molecule has 0 radical (unpaired) electrons. The van der Waals surface area contributed by atoms with Crippen molar-refractivity contribution in [1.29, 1.82) is 0 Å². The fraction of sp³-hybridized carbons (Fsp3) is 0.684. The van der Waals surface area contributed by atoms with Gasteiger partial charge in [0.05, 0.1) is 5.92 Å². The second-order valence-electron chi connectivity index (χ2n) is 7.95. The monoisotopic (exact) mass is 373 g/mol. The van der Waals surface area contributed by atoms with Crippen LogP contribution in [-0.4, -0.2) is 70.1 Å². The van der Waals surface area contributed by atoms with Crippen molar-refractivity contribution in [1.82, 2.24) is 25.3 Å². The second kappa shape index (κ2) is 7.80. The first-order valence-corrected chi connectivity index (χ1v) is 9.99. The summed E-state index contributed by atoms with van der Waals surface area (Å²) in [6, 6.07) is 3.65. The third-order valence-electron chi connectivity index (χ3n) is 5.91. The molecule has 1 saturated carbocycles. The van der Waals surface area contributed by atoms with Gasteiger partial charge in [-0.05, 0) is 51.1 Å². The SMILES string of the molecule is O=C(NC1CC1)[C@H]1CCCN(C2CCN(C(=O)c3ccc(=O)[nH]n3)CC2)C1. The summed E-state index contributed by atoms with van der Waals surface area (Å²) in [6.45, 7) is 3.23. The van der Waals surface area contributed by atoms with Gasteiger partial charge in [-0.25, -0.2) is 5.10 Å². The number of carbonyl (C=O) groups excluding carboxylic acids is 2. The molecule has 0 unspecified atom stereocenters. The minimum atomic E-state index is -0.310. The maximum atomic E-state index is 12.5. The van der Waals surface area contributed by atoms with Crippen LogP contribution in [0.25, 0.3) is 0 Å². The first-order valence-electron chi connectivity index (χ1n) is 9.99. The van der Waals surface area contributed by atoms with Crippen LogP contribution < -0.4 is 10.9 Å². The van der Waals surface area contributed by atoms with E-state index in [1.165, 1.54) is 12.1 Å². The van der Waals surface area contributed by atoms with Gasteiger partial charge in [-0.15, -0.1) is 0 Å². The van der Waals surface area contributed by atoms with Crippen LogP contribution in [0.15, 0.2) is 16.9 Å². The van der Waals surface area contributed by atoms with Crippen LogP contribution in [-0.2, 0) is 4.79 Å². The van der Waals surface area contributed by atoms with Crippen LogP contribution in [0.5, 0.6) is 0 Å². The van der Waals surface area contributed by atoms with E-state index in [1.807, 2.05) is 0 Å². The zero-order chi connectivity index (χ0) is 18.8. The van der Waals surface area contributed by atoms with Crippen molar-refractivity contribution in [3.63, 3.8) is 0 Å². The molecule has 0 aromatic carbocycles. The lowest BCUT2D eigenvalue weighted by atomic mass is 9.93. The number of aromatic nitrogens is 2. The van der Waals surface area contributed by atoms with Crippen molar-refractivity contribution in [2.75, 3.05) is 26.2 Å². The van der Waals surface area contributed by atoms with Gasteiger partial charge in [0.15, 0.2) is 0 Å². The summed E-state index contributed by atoms with van der Waals surface area (Å²) in [4.78, 5) is 40.2. The first-order chi connectivity index (χ1) is 13.1. The zero-order valence-corrected chi connectivity index (χ0v) is 15.5. The van der Waals surface area contributed by atoms with Crippen molar-refractivity contribution in [3.05, 3.63) is 28.2 Å². The summed E-state index contributed by atoms with van der Waals surface area (Å²) in [5.74, 6) is 0.188. The highest BCUT2D eigenvalue weighted by molar-refractivity contribution is 5.92. The maximum Gasteiger partial charge on any atom is 0.274 e. The van der Waals surface area contributed by atoms with Crippen molar-refractivity contribution < 1.29 is 9.59 Å². The van der Waals surface area contributed by atoms with E-state index < -0.39 is 0 Å². The van der Waals surface area contributed by atoms with Crippen molar-refractivity contribution >= 4 is 11.8 Å². The van der Waals surface area contributed by atoms with E-state index in [4.69, 9.17) is 0 Å². The number of likely N-dealkylation sites (tertiary alicyclic amines) is 2. The molecule has 1 atom stereocenters. The number of aromatic amines is 1. The molecule has 0 spiro atoms. The van der Waals surface area contributed by atoms with E-state index >= 15 is 0 Å². The molecule has 1 aromatic heterocycles. The standard InChI is InChI=1S/C19H27N5O3/c25-17-6-5-16(21-22-17)19(27)23-10-7-15(8-11-23)24-9-1-2-13(12-24)18(26)20-14-3-4-14/h5-6,13-15H,1-4,7-12H2,(H,20,26)(H,22,25)/t13-/m0/s1. The Morgan fingerprint density at radius 1 is 1.07 bits per heavy atom. The molecule has 27 heavy (non-hydrogen) atoms. The molecule has 8 nitrogen and oxygen atoms in total. The number of piperidine rings is 2. The van der Waals surface area contributed by atoms with Crippen LogP contribution >= 0.6 is 0 Å². The minimum Gasteiger partial charge on any atom is -0.353 e. The molecule has 0 bridgehead atoms. The Balaban J connectivity index is 1.29. The molecular weight excluding hydrogens is 346 g/mol. The third-order valence-corrected chi connectivity index (χ3v) is 5.91. The van der Waals surface area contributed by atoms with Gasteiger partial charge >= 0.3 is 0 Å². The number of hydrogen-bond acceptors (Lipinski definition) is 5. The highest BCUT2D eigenvalue weighted by Gasteiger charge is 2.34. The number of H-pyrrole nitrogens is 1. The molecule has 2 amide bonds. The Morgan fingerprint density at radius 3 is 2.52 bits per heavy atom. The summed E-state index contributed by atoms with van der Waals surface area (Å²) in [5.41, 5.74) is -0.0292. The summed E-state index contributed by atoms with van der Waals surface area (Å²) in [7, 11) is 0. The minimum absolute atomic E-state index is 0.101. The van der Waals surface area contributed by atoms with Gasteiger partial charge in [-0.3, -0.25) is 19.3 Å². The average Bonchev–Trinajstić information content (AvgIpc) is 3.52. The fourth-order valence-electron chi connectivity index (χ4n) is 4.16. The number of rotatable bonds is 4. The Morgan fingerprint density at radius 2 is 1.85 bits per heavy atom. The van der Waals surface area contributed by atoms with Crippen molar-refractivity contribution in [2.24, 2.45) is 5.92 Å². The van der Waals surface area contributed by atoms with Crippen LogP contribution in [0.1, 0.15) is 49.0 Å². The second-order valence-corrected chi connectivity index (χ2v) is 7.95. The number of nitrogens with zero attached hydrogens (tertiary/aromatic N) is 3. The summed E-state index contributed by atoms with van der Waals surface area (Å²) >= 11 is 0. The highest BCUT2D eigenvalue weighted by Crippen LogP contribution is 2.26. The lowest BCUT2D eigenvalue weighted by Crippen LogP contribution is -2.51. The van der Waals surface area contributed by atoms with E-state index in [0.29, 0.717) is 25.2 Å². The van der Waals surface area contributed by atoms with Gasteiger partial charge in [0, 0.05) is 37.8 Å². The maximum absolute atomic E-state index is 12.5. The van der Waals surface area contributed by atoms with Crippen molar-refractivity contribution in [3.8, 4) is 0 Å². The number of carbonyl (C=O) groups is 2. The molecule has 4 rings (SSSR count). The number of nitrogens with one attached hydrogen (secondary N) is 2. The quantitative estimate of drug-likeness (QED) is 0.794. The van der Waals surface area contributed by atoms with Crippen LogP contribution in [0, 0.1) is 5.92 Å². The van der Waals surface area contributed by atoms with E-state index in [0.717, 1.165) is 51.6 Å². The normalized spacial score (nSPS) is 24.6. The molecule has 2 saturated heterocycles.